The first-order valence-corrected chi connectivity index (χ1v) is 11.2. The highest BCUT2D eigenvalue weighted by Gasteiger charge is 2.41. The molecule has 3 rings (SSSR count). The Balaban J connectivity index is 1.78. The molecule has 0 spiro atoms. The van der Waals surface area contributed by atoms with Crippen molar-refractivity contribution in [3.05, 3.63) is 65.5 Å². The zero-order valence-corrected chi connectivity index (χ0v) is 19.0. The van der Waals surface area contributed by atoms with Crippen LogP contribution in [0.4, 0.5) is 18.9 Å². The van der Waals surface area contributed by atoms with E-state index >= 15 is 0 Å². The number of benzene rings is 1. The van der Waals surface area contributed by atoms with Gasteiger partial charge in [-0.2, -0.15) is 13.2 Å². The van der Waals surface area contributed by atoms with Crippen LogP contribution < -0.4 is 4.90 Å². The van der Waals surface area contributed by atoms with Crippen molar-refractivity contribution in [3.63, 3.8) is 0 Å². The number of carbonyl (C=O) groups is 1. The number of allylic oxidation sites excluding steroid dienone is 1. The van der Waals surface area contributed by atoms with Crippen molar-refractivity contribution in [2.75, 3.05) is 37.6 Å². The summed E-state index contributed by atoms with van der Waals surface area (Å²) in [5.74, 6) is -1.79. The molecule has 176 valence electrons. The Morgan fingerprint density at radius 1 is 1.12 bits per heavy atom. The number of nitrogens with zero attached hydrogens (tertiary/aromatic N) is 4. The van der Waals surface area contributed by atoms with Crippen LogP contribution in [0.15, 0.2) is 59.4 Å². The fourth-order valence-electron chi connectivity index (χ4n) is 3.91. The molecule has 2 aromatic rings. The van der Waals surface area contributed by atoms with Crippen molar-refractivity contribution < 1.29 is 18.0 Å². The highest BCUT2D eigenvalue weighted by molar-refractivity contribution is 6.15. The maximum atomic E-state index is 12.8. The summed E-state index contributed by atoms with van der Waals surface area (Å²) in [6.07, 6.45) is 2.72. The van der Waals surface area contributed by atoms with Gasteiger partial charge in [0.1, 0.15) is 0 Å². The van der Waals surface area contributed by atoms with Crippen LogP contribution in [0.2, 0.25) is 0 Å². The number of rotatable bonds is 8. The Morgan fingerprint density at radius 2 is 1.94 bits per heavy atom. The fraction of sp³-hybridized carbons (Fsp3) is 0.400. The summed E-state index contributed by atoms with van der Waals surface area (Å²) < 4.78 is 38.5. The Labute approximate surface area is 192 Å². The lowest BCUT2D eigenvalue weighted by molar-refractivity contribution is -0.185. The number of amides is 1. The van der Waals surface area contributed by atoms with Gasteiger partial charge in [0, 0.05) is 56.4 Å². The van der Waals surface area contributed by atoms with Gasteiger partial charge < -0.3 is 9.80 Å². The molecule has 1 aliphatic rings. The lowest BCUT2D eigenvalue weighted by Crippen LogP contribution is -2.44. The van der Waals surface area contributed by atoms with E-state index in [0.717, 1.165) is 52.4 Å². The second-order valence-electron chi connectivity index (χ2n) is 7.80. The van der Waals surface area contributed by atoms with Gasteiger partial charge in [-0.15, -0.1) is 0 Å². The predicted octanol–water partition coefficient (Wildman–Crippen LogP) is 4.99. The van der Waals surface area contributed by atoms with Crippen molar-refractivity contribution in [2.24, 2.45) is 4.99 Å². The van der Waals surface area contributed by atoms with Gasteiger partial charge in [0.15, 0.2) is 0 Å². The van der Waals surface area contributed by atoms with Crippen molar-refractivity contribution in [2.45, 2.75) is 32.9 Å². The molecule has 0 N–H and O–H groups in total. The first-order valence-electron chi connectivity index (χ1n) is 11.2. The van der Waals surface area contributed by atoms with E-state index in [9.17, 15) is 18.0 Å². The molecule has 1 aromatic carbocycles. The standard InChI is InChI=1S/C25H29F3N4O/c1-3-31(14-15-32(4-2)24(33)25(26,27)28)22-11-5-8-19(17-22)16-20-9-7-13-30-23(20)21-10-6-12-29-18-21/h5-6,8,10-12,16-18H,3-4,7,9,13-15H2,1-2H3/b20-16+. The topological polar surface area (TPSA) is 48.8 Å². The van der Waals surface area contributed by atoms with Crippen molar-refractivity contribution >= 4 is 23.4 Å². The highest BCUT2D eigenvalue weighted by Crippen LogP contribution is 2.24. The monoisotopic (exact) mass is 458 g/mol. The quantitative estimate of drug-likeness (QED) is 0.560. The summed E-state index contributed by atoms with van der Waals surface area (Å²) in [5.41, 5.74) is 4.98. The van der Waals surface area contributed by atoms with Gasteiger partial charge in [0.05, 0.1) is 5.71 Å². The molecule has 1 amide bonds. The van der Waals surface area contributed by atoms with E-state index < -0.39 is 12.1 Å². The van der Waals surface area contributed by atoms with E-state index in [2.05, 4.69) is 11.1 Å². The van der Waals surface area contributed by atoms with Gasteiger partial charge in [-0.05, 0) is 68.2 Å². The number of aromatic nitrogens is 1. The molecule has 5 nitrogen and oxygen atoms in total. The third kappa shape index (κ3) is 6.43. The molecule has 0 fully saturated rings. The first kappa shape index (κ1) is 24.5. The third-order valence-electron chi connectivity index (χ3n) is 5.62. The predicted molar refractivity (Wildman–Crippen MR) is 125 cm³/mol. The van der Waals surface area contributed by atoms with Gasteiger partial charge in [-0.3, -0.25) is 14.8 Å². The lowest BCUT2D eigenvalue weighted by atomic mass is 9.95. The number of anilines is 1. The van der Waals surface area contributed by atoms with Crippen LogP contribution in [0.25, 0.3) is 6.08 Å². The molecule has 1 aliphatic heterocycles. The summed E-state index contributed by atoms with van der Waals surface area (Å²) in [6, 6.07) is 11.8. The summed E-state index contributed by atoms with van der Waals surface area (Å²) in [7, 11) is 0. The number of hydrogen-bond donors (Lipinski definition) is 0. The molecule has 0 saturated heterocycles. The molecule has 0 bridgehead atoms. The van der Waals surface area contributed by atoms with E-state index in [4.69, 9.17) is 4.99 Å². The number of aliphatic imine (C=N–C) groups is 1. The molecule has 0 radical (unpaired) electrons. The smallest absolute Gasteiger partial charge is 0.370 e. The Morgan fingerprint density at radius 3 is 2.61 bits per heavy atom. The number of pyridine rings is 1. The maximum Gasteiger partial charge on any atom is 0.471 e. The van der Waals surface area contributed by atoms with Gasteiger partial charge in [-0.1, -0.05) is 12.1 Å². The first-order chi connectivity index (χ1) is 15.8. The number of hydrogen-bond acceptors (Lipinski definition) is 4. The second kappa shape index (κ2) is 11.1. The number of alkyl halides is 3. The molecule has 0 atom stereocenters. The molecule has 0 saturated carbocycles. The average Bonchev–Trinajstić information content (AvgIpc) is 2.82. The van der Waals surface area contributed by atoms with E-state index in [0.29, 0.717) is 13.1 Å². The maximum absolute atomic E-state index is 12.8. The van der Waals surface area contributed by atoms with E-state index in [1.165, 1.54) is 0 Å². The summed E-state index contributed by atoms with van der Waals surface area (Å²) in [6.45, 7) is 5.23. The van der Waals surface area contributed by atoms with E-state index in [-0.39, 0.29) is 13.1 Å². The molecule has 0 unspecified atom stereocenters. The summed E-state index contributed by atoms with van der Waals surface area (Å²) in [5, 5.41) is 0. The SMILES string of the molecule is CCN(CCN(CC)c1cccc(/C=C2\CCCN=C2c2cccnc2)c1)C(=O)C(F)(F)F. The molecule has 8 heteroatoms. The minimum Gasteiger partial charge on any atom is -0.370 e. The summed E-state index contributed by atoms with van der Waals surface area (Å²) in [4.78, 5) is 23.4. The van der Waals surface area contributed by atoms with Crippen LogP contribution in [-0.2, 0) is 4.79 Å². The second-order valence-corrected chi connectivity index (χ2v) is 7.80. The van der Waals surface area contributed by atoms with Crippen LogP contribution >= 0.6 is 0 Å². The van der Waals surface area contributed by atoms with Crippen LogP contribution in [0.5, 0.6) is 0 Å². The number of likely N-dealkylation sites (N-methyl/N-ethyl adjacent to an activating group) is 2. The fourth-order valence-corrected chi connectivity index (χ4v) is 3.91. The van der Waals surface area contributed by atoms with Gasteiger partial charge in [0.25, 0.3) is 0 Å². The summed E-state index contributed by atoms with van der Waals surface area (Å²) >= 11 is 0. The van der Waals surface area contributed by atoms with Crippen LogP contribution in [0.1, 0.15) is 37.8 Å². The van der Waals surface area contributed by atoms with Gasteiger partial charge in [0.2, 0.25) is 0 Å². The normalized spacial score (nSPS) is 15.3. The molecule has 2 heterocycles. The molecular weight excluding hydrogens is 429 g/mol. The largest absolute Gasteiger partial charge is 0.471 e. The molecule has 33 heavy (non-hydrogen) atoms. The Hall–Kier alpha value is -3.16. The van der Waals surface area contributed by atoms with E-state index in [1.54, 1.807) is 13.1 Å². The Kier molecular flexibility index (Phi) is 8.25. The molecule has 1 aromatic heterocycles. The number of carbonyl (C=O) groups excluding carboxylic acids is 1. The zero-order chi connectivity index (χ0) is 23.8. The zero-order valence-electron chi connectivity index (χ0n) is 19.0. The van der Waals surface area contributed by atoms with E-state index in [1.807, 2.05) is 54.4 Å². The van der Waals surface area contributed by atoms with Crippen molar-refractivity contribution in [1.82, 2.24) is 9.88 Å². The van der Waals surface area contributed by atoms with Gasteiger partial charge in [-0.25, -0.2) is 0 Å². The van der Waals surface area contributed by atoms with Crippen LogP contribution in [0, 0.1) is 0 Å². The average molecular weight is 459 g/mol. The molecule has 0 aliphatic carbocycles. The van der Waals surface area contributed by atoms with Gasteiger partial charge >= 0.3 is 12.1 Å². The number of halogens is 3. The van der Waals surface area contributed by atoms with Crippen LogP contribution in [0.3, 0.4) is 0 Å². The van der Waals surface area contributed by atoms with Crippen molar-refractivity contribution in [1.29, 1.82) is 0 Å². The lowest BCUT2D eigenvalue weighted by Gasteiger charge is -2.28. The van der Waals surface area contributed by atoms with Crippen LogP contribution in [-0.4, -0.2) is 60.4 Å². The van der Waals surface area contributed by atoms with Crippen molar-refractivity contribution in [3.8, 4) is 0 Å². The Bertz CT molecular complexity index is 1000. The molecular formula is C25H29F3N4O. The third-order valence-corrected chi connectivity index (χ3v) is 5.62. The highest BCUT2D eigenvalue weighted by atomic mass is 19.4. The minimum absolute atomic E-state index is 0.00577. The minimum atomic E-state index is -4.85.